The Morgan fingerprint density at radius 2 is 1.32 bits per heavy atom. The number of ether oxygens (including phenoxy) is 1. The van der Waals surface area contributed by atoms with Crippen LogP contribution in [0, 0.1) is 10.8 Å². The van der Waals surface area contributed by atoms with Crippen LogP contribution in [0.2, 0.25) is 0 Å². The van der Waals surface area contributed by atoms with E-state index in [1.807, 2.05) is 18.2 Å². The quantitative estimate of drug-likeness (QED) is 0.287. The van der Waals surface area contributed by atoms with Crippen molar-refractivity contribution >= 4 is 42.4 Å². The molecule has 1 aliphatic carbocycles. The summed E-state index contributed by atoms with van der Waals surface area (Å²) in [7, 11) is 0. The van der Waals surface area contributed by atoms with Gasteiger partial charge >= 0.3 is 240 Å². The van der Waals surface area contributed by atoms with Crippen molar-refractivity contribution in [2.45, 2.75) is 93.9 Å². The molecule has 2 aliphatic rings. The first-order valence-electron chi connectivity index (χ1n) is 12.9. The average Bonchev–Trinajstić information content (AvgIpc) is 2.73. The zero-order chi connectivity index (χ0) is 28.3. The molecule has 3 nitrogen and oxygen atoms in total. The van der Waals surface area contributed by atoms with E-state index in [0.29, 0.717) is 31.3 Å². The van der Waals surface area contributed by atoms with Crippen LogP contribution in [-0.2, 0) is 20.4 Å². The van der Waals surface area contributed by atoms with Gasteiger partial charge < -0.3 is 0 Å². The molecular formula is C32H44NO2Se2+. The Morgan fingerprint density at radius 1 is 0.811 bits per heavy atom. The molecule has 0 radical (unpaired) electrons. The molecule has 3 rings (SSSR count). The molecule has 0 unspecified atom stereocenters. The Hall–Kier alpha value is -1.64. The van der Waals surface area contributed by atoms with Crippen LogP contribution in [0.25, 0.3) is 6.08 Å². The molecule has 0 bridgehead atoms. The topological polar surface area (TPSA) is 52.3 Å². The number of hydrogen-bond acceptors (Lipinski definition) is 3. The Bertz CT molecular complexity index is 1260. The van der Waals surface area contributed by atoms with E-state index in [4.69, 9.17) is 10.5 Å². The van der Waals surface area contributed by atoms with E-state index in [-0.39, 0.29) is 27.4 Å². The van der Waals surface area contributed by atoms with Gasteiger partial charge in [0.1, 0.15) is 0 Å². The Balaban J connectivity index is 2.12. The SMILES string of the molecule is CC(C)(C)C1=CC(=CC2=C(N)C(=Cc3cc(C(C)(C)C)[se+]c(C(C)(C)C)c3)C2=O)C([SeH])=C(C(C)(C)C)O1. The molecule has 2 heterocycles. The second kappa shape index (κ2) is 9.83. The molecule has 0 atom stereocenters. The normalized spacial score (nSPS) is 19.9. The van der Waals surface area contributed by atoms with E-state index in [1.54, 1.807) is 0 Å². The summed E-state index contributed by atoms with van der Waals surface area (Å²) in [5.41, 5.74) is 10.1. The second-order valence-corrected chi connectivity index (χ2v) is 17.4. The number of rotatable bonds is 2. The molecule has 0 fully saturated rings. The summed E-state index contributed by atoms with van der Waals surface area (Å²) in [6.07, 6.45) is 5.96. The van der Waals surface area contributed by atoms with Gasteiger partial charge in [0.15, 0.2) is 0 Å². The summed E-state index contributed by atoms with van der Waals surface area (Å²) in [6, 6.07) is 4.52. The molecule has 37 heavy (non-hydrogen) atoms. The van der Waals surface area contributed by atoms with Crippen molar-refractivity contribution in [1.29, 1.82) is 0 Å². The van der Waals surface area contributed by atoms with Crippen LogP contribution in [0.1, 0.15) is 97.5 Å². The molecule has 1 aromatic heterocycles. The van der Waals surface area contributed by atoms with Crippen molar-refractivity contribution in [2.75, 3.05) is 0 Å². The van der Waals surface area contributed by atoms with Gasteiger partial charge in [-0.2, -0.15) is 0 Å². The number of carbonyl (C=O) groups is 1. The molecule has 0 aromatic carbocycles. The zero-order valence-electron chi connectivity index (χ0n) is 24.6. The van der Waals surface area contributed by atoms with Crippen LogP contribution in [0.15, 0.2) is 62.7 Å². The van der Waals surface area contributed by atoms with Gasteiger partial charge in [0.05, 0.1) is 0 Å². The minimum absolute atomic E-state index is 0.000176. The number of hydrogen-bond donors (Lipinski definition) is 1. The monoisotopic (exact) mass is 634 g/mol. The van der Waals surface area contributed by atoms with Gasteiger partial charge in [0.25, 0.3) is 0 Å². The summed E-state index contributed by atoms with van der Waals surface area (Å²) in [5.74, 6) is 1.80. The van der Waals surface area contributed by atoms with Crippen LogP contribution in [0.3, 0.4) is 0 Å². The van der Waals surface area contributed by atoms with Crippen molar-refractivity contribution < 1.29 is 9.53 Å². The summed E-state index contributed by atoms with van der Waals surface area (Å²) in [6.45, 7) is 26.4. The number of ketones is 1. The molecule has 200 valence electrons. The number of nitrogens with two attached hydrogens (primary N) is 1. The predicted molar refractivity (Wildman–Crippen MR) is 160 cm³/mol. The van der Waals surface area contributed by atoms with E-state index >= 15 is 0 Å². The number of allylic oxidation sites excluding steroid dienone is 8. The Labute approximate surface area is 238 Å². The van der Waals surface area contributed by atoms with Gasteiger partial charge in [-0.15, -0.1) is 0 Å². The van der Waals surface area contributed by atoms with Crippen molar-refractivity contribution in [3.05, 3.63) is 77.1 Å². The molecule has 1 aliphatic heterocycles. The first kappa shape index (κ1) is 29.9. The van der Waals surface area contributed by atoms with Gasteiger partial charge in [-0.3, -0.25) is 0 Å². The zero-order valence-corrected chi connectivity index (χ0v) is 28.2. The third kappa shape index (κ3) is 6.51. The van der Waals surface area contributed by atoms with Gasteiger partial charge in [0.2, 0.25) is 0 Å². The molecule has 0 amide bonds. The van der Waals surface area contributed by atoms with E-state index in [9.17, 15) is 4.79 Å². The maximum absolute atomic E-state index is 13.4. The second-order valence-electron chi connectivity index (χ2n) is 14.2. The van der Waals surface area contributed by atoms with Gasteiger partial charge in [0, 0.05) is 0 Å². The predicted octanol–water partition coefficient (Wildman–Crippen LogP) is 6.84. The summed E-state index contributed by atoms with van der Waals surface area (Å²) in [5, 5.41) is 0. The van der Waals surface area contributed by atoms with Gasteiger partial charge in [-0.05, 0) is 0 Å². The van der Waals surface area contributed by atoms with Crippen molar-refractivity contribution in [3.8, 4) is 0 Å². The Kier molecular flexibility index (Phi) is 7.95. The first-order valence-corrected chi connectivity index (χ1v) is 15.6. The van der Waals surface area contributed by atoms with E-state index in [1.165, 1.54) is 8.87 Å². The first-order chi connectivity index (χ1) is 16.6. The van der Waals surface area contributed by atoms with Crippen LogP contribution in [0.4, 0.5) is 0 Å². The molecule has 2 N–H and O–H groups in total. The standard InChI is InChI=1S/C32H43NO2Se2/c1-29(2,3)22-17-19(27(36)28(35-22)32(10,11)12)16-21-25(33)20(26(21)34)13-18-14-23(30(4,5)6)37-24(15-18)31(7,8)9/h13-17H,1-12H3,(H2-,33,34,36)/p+1. The summed E-state index contributed by atoms with van der Waals surface area (Å²) >= 11 is 2.93. The number of carbonyl (C=O) groups excluding carboxylic acids is 1. The van der Waals surface area contributed by atoms with Gasteiger partial charge in [-0.1, -0.05) is 0 Å². The van der Waals surface area contributed by atoms with E-state index in [2.05, 4.69) is 111 Å². The molecule has 0 spiro atoms. The molecule has 0 saturated heterocycles. The molecule has 0 saturated carbocycles. The Morgan fingerprint density at radius 3 is 1.73 bits per heavy atom. The van der Waals surface area contributed by atoms with Crippen molar-refractivity contribution in [1.82, 2.24) is 0 Å². The molecular weight excluding hydrogens is 588 g/mol. The van der Waals surface area contributed by atoms with Crippen molar-refractivity contribution in [2.24, 2.45) is 16.6 Å². The fraction of sp³-hybridized carbons (Fsp3) is 0.500. The van der Waals surface area contributed by atoms with Crippen LogP contribution in [0.5, 0.6) is 0 Å². The third-order valence-electron chi connectivity index (χ3n) is 6.38. The summed E-state index contributed by atoms with van der Waals surface area (Å²) < 4.78 is 10.2. The fourth-order valence-electron chi connectivity index (χ4n) is 3.94. The van der Waals surface area contributed by atoms with Crippen LogP contribution >= 0.6 is 0 Å². The minimum atomic E-state index is -0.173. The van der Waals surface area contributed by atoms with Crippen LogP contribution in [-0.4, -0.2) is 36.3 Å². The maximum atomic E-state index is 13.4. The number of Topliss-reactive ketones (excluding diaryl/α,β-unsaturated/α-hetero) is 1. The van der Waals surface area contributed by atoms with E-state index < -0.39 is 0 Å². The van der Waals surface area contributed by atoms with E-state index in [0.717, 1.165) is 27.1 Å². The summed E-state index contributed by atoms with van der Waals surface area (Å²) in [4.78, 5) is 13.4. The van der Waals surface area contributed by atoms with Crippen molar-refractivity contribution in [3.63, 3.8) is 0 Å². The average molecular weight is 633 g/mol. The third-order valence-corrected chi connectivity index (χ3v) is 11.3. The molecule has 5 heteroatoms. The molecule has 1 aromatic rings. The fourth-order valence-corrected chi connectivity index (χ4v) is 7.61. The van der Waals surface area contributed by atoms with Gasteiger partial charge in [-0.25, -0.2) is 0 Å². The van der Waals surface area contributed by atoms with Crippen LogP contribution < -0.4 is 5.73 Å².